The van der Waals surface area contributed by atoms with Crippen LogP contribution in [0.3, 0.4) is 0 Å². The number of anilines is 2. The van der Waals surface area contributed by atoms with E-state index >= 15 is 0 Å². The molecule has 1 saturated heterocycles. The number of amides is 2. The largest absolute Gasteiger partial charge is 0.330 e. The maximum absolute atomic E-state index is 13.8. The monoisotopic (exact) mass is 424 g/mol. The van der Waals surface area contributed by atoms with E-state index in [0.29, 0.717) is 10.0 Å². The van der Waals surface area contributed by atoms with Crippen molar-refractivity contribution in [1.29, 1.82) is 0 Å². The molecule has 3 aromatic rings. The maximum Gasteiger partial charge on any atom is 0.330 e. The number of halogens is 2. The molecular weight excluding hydrogens is 403 g/mol. The Hall–Kier alpha value is -2.49. The Kier molecular flexibility index (Phi) is 5.05. The molecule has 5 heteroatoms. The number of urea groups is 1. The first-order chi connectivity index (χ1) is 13.8. The quantitative estimate of drug-likeness (QED) is 0.433. The number of carbonyl (C=O) groups is 1. The van der Waals surface area contributed by atoms with E-state index < -0.39 is 5.54 Å². The van der Waals surface area contributed by atoms with Crippen molar-refractivity contribution in [2.45, 2.75) is 32.4 Å². The summed E-state index contributed by atoms with van der Waals surface area (Å²) in [5, 5.41) is 1.19. The molecule has 1 heterocycles. The van der Waals surface area contributed by atoms with Gasteiger partial charge >= 0.3 is 6.03 Å². The number of hydrogen-bond acceptors (Lipinski definition) is 1. The molecule has 0 aromatic heterocycles. The summed E-state index contributed by atoms with van der Waals surface area (Å²) in [6.07, 6.45) is 0. The average Bonchev–Trinajstić information content (AvgIpc) is 2.87. The Morgan fingerprint density at radius 1 is 0.828 bits per heavy atom. The molecule has 1 aliphatic heterocycles. The van der Waals surface area contributed by atoms with Crippen LogP contribution < -0.4 is 9.80 Å². The number of benzene rings is 3. The summed E-state index contributed by atoms with van der Waals surface area (Å²) in [6, 6.07) is 22.9. The summed E-state index contributed by atoms with van der Waals surface area (Å²) in [4.78, 5) is 17.4. The molecule has 0 bridgehead atoms. The number of carbonyl (C=O) groups excluding carboxylic acids is 1. The highest BCUT2D eigenvalue weighted by Crippen LogP contribution is 2.48. The van der Waals surface area contributed by atoms with Crippen molar-refractivity contribution in [3.63, 3.8) is 0 Å². The summed E-state index contributed by atoms with van der Waals surface area (Å²) in [5.41, 5.74) is 3.24. The predicted octanol–water partition coefficient (Wildman–Crippen LogP) is 7.27. The first kappa shape index (κ1) is 19.8. The molecule has 1 aliphatic rings. The number of rotatable bonds is 3. The summed E-state index contributed by atoms with van der Waals surface area (Å²) in [6.45, 7) is 6.23. The highest BCUT2D eigenvalue weighted by Gasteiger charge is 2.53. The molecule has 29 heavy (non-hydrogen) atoms. The van der Waals surface area contributed by atoms with Crippen LogP contribution in [0.5, 0.6) is 0 Å². The topological polar surface area (TPSA) is 23.6 Å². The van der Waals surface area contributed by atoms with Crippen molar-refractivity contribution in [3.8, 4) is 0 Å². The van der Waals surface area contributed by atoms with Gasteiger partial charge in [-0.2, -0.15) is 0 Å². The fraction of sp³-hybridized carbons (Fsp3) is 0.208. The van der Waals surface area contributed by atoms with Crippen LogP contribution in [-0.2, 0) is 0 Å². The van der Waals surface area contributed by atoms with Gasteiger partial charge in [0.2, 0.25) is 0 Å². The Balaban J connectivity index is 1.92. The van der Waals surface area contributed by atoms with Crippen molar-refractivity contribution in [2.75, 3.05) is 9.80 Å². The van der Waals surface area contributed by atoms with Gasteiger partial charge in [-0.15, -0.1) is 0 Å². The molecule has 0 N–H and O–H groups in total. The zero-order chi connectivity index (χ0) is 20.8. The van der Waals surface area contributed by atoms with Crippen molar-refractivity contribution >= 4 is 40.6 Å². The minimum absolute atomic E-state index is 0.106. The van der Waals surface area contributed by atoms with E-state index in [9.17, 15) is 4.79 Å². The van der Waals surface area contributed by atoms with Gasteiger partial charge in [-0.1, -0.05) is 65.2 Å². The second-order valence-electron chi connectivity index (χ2n) is 7.92. The van der Waals surface area contributed by atoms with Crippen LogP contribution in [0, 0.1) is 6.92 Å². The smallest absolute Gasteiger partial charge is 0.286 e. The first-order valence-electron chi connectivity index (χ1n) is 9.50. The summed E-state index contributed by atoms with van der Waals surface area (Å²) in [7, 11) is 0. The highest BCUT2D eigenvalue weighted by molar-refractivity contribution is 6.31. The van der Waals surface area contributed by atoms with Crippen LogP contribution >= 0.6 is 23.2 Å². The fourth-order valence-electron chi connectivity index (χ4n) is 4.24. The maximum atomic E-state index is 13.8. The number of hydrogen-bond donors (Lipinski definition) is 0. The lowest BCUT2D eigenvalue weighted by molar-refractivity contribution is 0.254. The number of aryl methyl sites for hydroxylation is 1. The standard InChI is InChI=1S/C24H22Cl2N2O/c1-16-7-4-8-17(13-16)22-24(2,3)28(21-12-6-10-19(26)15-21)23(29)27(22)20-11-5-9-18(25)14-20/h4-15,22H,1-3H3/t22-/m1/s1. The van der Waals surface area contributed by atoms with Crippen molar-refractivity contribution in [3.05, 3.63) is 94.0 Å². The fourth-order valence-corrected chi connectivity index (χ4v) is 4.61. The zero-order valence-corrected chi connectivity index (χ0v) is 18.1. The highest BCUT2D eigenvalue weighted by atomic mass is 35.5. The lowest BCUT2D eigenvalue weighted by Gasteiger charge is -2.35. The molecule has 0 unspecified atom stereocenters. The second-order valence-corrected chi connectivity index (χ2v) is 8.79. The minimum atomic E-state index is -0.530. The summed E-state index contributed by atoms with van der Waals surface area (Å²) in [5.74, 6) is 0. The Morgan fingerprint density at radius 2 is 1.41 bits per heavy atom. The predicted molar refractivity (Wildman–Crippen MR) is 121 cm³/mol. The molecule has 2 amide bonds. The molecule has 0 aliphatic carbocycles. The van der Waals surface area contributed by atoms with E-state index in [-0.39, 0.29) is 12.1 Å². The van der Waals surface area contributed by atoms with Gasteiger partial charge in [0.1, 0.15) is 0 Å². The Labute approximate surface area is 181 Å². The van der Waals surface area contributed by atoms with E-state index in [1.54, 1.807) is 0 Å². The Bertz CT molecular complexity index is 1080. The van der Waals surface area contributed by atoms with E-state index in [0.717, 1.165) is 22.5 Å². The van der Waals surface area contributed by atoms with Crippen LogP contribution in [0.15, 0.2) is 72.8 Å². The third-order valence-corrected chi connectivity index (χ3v) is 5.88. The number of nitrogens with zero attached hydrogens (tertiary/aromatic N) is 2. The van der Waals surface area contributed by atoms with E-state index in [2.05, 4.69) is 39.0 Å². The molecule has 0 saturated carbocycles. The average molecular weight is 425 g/mol. The van der Waals surface area contributed by atoms with E-state index in [1.165, 1.54) is 0 Å². The van der Waals surface area contributed by atoms with Crippen molar-refractivity contribution < 1.29 is 4.79 Å². The molecule has 0 spiro atoms. The van der Waals surface area contributed by atoms with Crippen LogP contribution in [0.1, 0.15) is 31.0 Å². The van der Waals surface area contributed by atoms with Crippen LogP contribution in [0.2, 0.25) is 10.0 Å². The van der Waals surface area contributed by atoms with Gasteiger partial charge in [-0.3, -0.25) is 9.80 Å². The van der Waals surface area contributed by atoms with E-state index in [1.807, 2.05) is 64.4 Å². The van der Waals surface area contributed by atoms with Crippen LogP contribution in [0.25, 0.3) is 0 Å². The summed E-state index contributed by atoms with van der Waals surface area (Å²) >= 11 is 12.5. The van der Waals surface area contributed by atoms with Crippen LogP contribution in [0.4, 0.5) is 16.2 Å². The normalized spacial score (nSPS) is 18.4. The van der Waals surface area contributed by atoms with E-state index in [4.69, 9.17) is 23.2 Å². The Morgan fingerprint density at radius 3 is 2.03 bits per heavy atom. The SMILES string of the molecule is Cc1cccc([C@H]2N(c3cccc(Cl)c3)C(=O)N(c3cccc(Cl)c3)C2(C)C)c1. The third kappa shape index (κ3) is 3.50. The zero-order valence-electron chi connectivity index (χ0n) is 16.6. The molecular formula is C24H22Cl2N2O. The van der Waals surface area contributed by atoms with Gasteiger partial charge in [-0.25, -0.2) is 4.79 Å². The van der Waals surface area contributed by atoms with Gasteiger partial charge in [0, 0.05) is 21.4 Å². The molecule has 1 atom stereocenters. The molecule has 0 radical (unpaired) electrons. The third-order valence-electron chi connectivity index (χ3n) is 5.41. The lowest BCUT2D eigenvalue weighted by Crippen LogP contribution is -2.43. The lowest BCUT2D eigenvalue weighted by atomic mass is 9.87. The molecule has 4 rings (SSSR count). The minimum Gasteiger partial charge on any atom is -0.286 e. The molecule has 1 fully saturated rings. The molecule has 3 aromatic carbocycles. The van der Waals surface area contributed by atoms with Crippen molar-refractivity contribution in [1.82, 2.24) is 0 Å². The summed E-state index contributed by atoms with van der Waals surface area (Å²) < 4.78 is 0. The second kappa shape index (κ2) is 7.40. The van der Waals surface area contributed by atoms with Gasteiger partial charge in [0.05, 0.1) is 11.6 Å². The van der Waals surface area contributed by atoms with Gasteiger partial charge in [0.25, 0.3) is 0 Å². The van der Waals surface area contributed by atoms with Gasteiger partial charge < -0.3 is 0 Å². The molecule has 148 valence electrons. The van der Waals surface area contributed by atoms with Crippen LogP contribution in [-0.4, -0.2) is 11.6 Å². The van der Waals surface area contributed by atoms with Gasteiger partial charge in [-0.05, 0) is 62.7 Å². The van der Waals surface area contributed by atoms with Crippen molar-refractivity contribution in [2.24, 2.45) is 0 Å². The first-order valence-corrected chi connectivity index (χ1v) is 10.3. The molecule has 3 nitrogen and oxygen atoms in total. The van der Waals surface area contributed by atoms with Gasteiger partial charge in [0.15, 0.2) is 0 Å².